The Morgan fingerprint density at radius 3 is 2.56 bits per heavy atom. The van der Waals surface area contributed by atoms with Crippen LogP contribution >= 0.6 is 0 Å². The molecule has 2 heterocycles. The summed E-state index contributed by atoms with van der Waals surface area (Å²) in [7, 11) is -3.81. The van der Waals surface area contributed by atoms with Crippen molar-refractivity contribution in [2.24, 2.45) is 11.7 Å². The van der Waals surface area contributed by atoms with E-state index in [9.17, 15) is 13.2 Å². The van der Waals surface area contributed by atoms with Gasteiger partial charge in [0.2, 0.25) is 15.9 Å². The Hall–Kier alpha value is -2.77. The number of benzene rings is 1. The molecule has 0 saturated carbocycles. The van der Waals surface area contributed by atoms with Crippen LogP contribution in [-0.4, -0.2) is 46.9 Å². The lowest BCUT2D eigenvalue weighted by Crippen LogP contribution is -2.32. The van der Waals surface area contributed by atoms with Gasteiger partial charge in [-0.2, -0.15) is 14.7 Å². The molecule has 130 valence electrons. The normalized spacial score (nSPS) is 21.1. The highest BCUT2D eigenvalue weighted by molar-refractivity contribution is 7.89. The molecule has 0 bridgehead atoms. The quantitative estimate of drug-likeness (QED) is 0.777. The number of nitrogens with one attached hydrogen (secondary N) is 1. The molecule has 1 amide bonds. The van der Waals surface area contributed by atoms with Crippen molar-refractivity contribution in [1.82, 2.24) is 19.5 Å². The first kappa shape index (κ1) is 17.1. The van der Waals surface area contributed by atoms with Crippen LogP contribution in [0.1, 0.15) is 23.1 Å². The minimum atomic E-state index is -3.81. The topological polar surface area (TPSA) is 146 Å². The highest BCUT2D eigenvalue weighted by Gasteiger charge is 2.44. The van der Waals surface area contributed by atoms with E-state index in [4.69, 9.17) is 11.0 Å². The molecule has 1 fully saturated rings. The molecule has 25 heavy (non-hydrogen) atoms. The van der Waals surface area contributed by atoms with E-state index in [1.807, 2.05) is 6.07 Å². The summed E-state index contributed by atoms with van der Waals surface area (Å²) in [5.74, 6) is -0.852. The zero-order valence-corrected chi connectivity index (χ0v) is 14.2. The zero-order valence-electron chi connectivity index (χ0n) is 13.4. The van der Waals surface area contributed by atoms with E-state index < -0.39 is 27.8 Å². The summed E-state index contributed by atoms with van der Waals surface area (Å²) in [5, 5.41) is 15.6. The monoisotopic (exact) mass is 360 g/mol. The Balaban J connectivity index is 1.92. The number of carbonyl (C=O) groups excluding carboxylic acids is 1. The fourth-order valence-corrected chi connectivity index (χ4v) is 4.38. The number of hydrogen-bond donors (Lipinski definition) is 2. The first-order chi connectivity index (χ1) is 11.8. The molecule has 1 aliphatic heterocycles. The van der Waals surface area contributed by atoms with Gasteiger partial charge in [-0.15, -0.1) is 0 Å². The molecule has 3 rings (SSSR count). The second-order valence-electron chi connectivity index (χ2n) is 5.85. The average molecular weight is 360 g/mol. The first-order valence-corrected chi connectivity index (χ1v) is 8.95. The summed E-state index contributed by atoms with van der Waals surface area (Å²) in [6.07, 6.45) is 0. The number of nitriles is 1. The summed E-state index contributed by atoms with van der Waals surface area (Å²) in [6, 6.07) is 7.55. The summed E-state index contributed by atoms with van der Waals surface area (Å²) < 4.78 is 26.9. The van der Waals surface area contributed by atoms with Crippen molar-refractivity contribution in [2.75, 3.05) is 13.1 Å². The van der Waals surface area contributed by atoms with Gasteiger partial charge in [-0.1, -0.05) is 0 Å². The maximum atomic E-state index is 12.8. The van der Waals surface area contributed by atoms with Crippen molar-refractivity contribution in [1.29, 1.82) is 5.26 Å². The number of rotatable bonds is 4. The lowest BCUT2D eigenvalue weighted by molar-refractivity contribution is -0.121. The highest BCUT2D eigenvalue weighted by Crippen LogP contribution is 2.34. The maximum Gasteiger partial charge on any atom is 0.243 e. The summed E-state index contributed by atoms with van der Waals surface area (Å²) in [4.78, 5) is 16.0. The van der Waals surface area contributed by atoms with Crippen LogP contribution in [0, 0.1) is 24.2 Å². The number of nitrogens with two attached hydrogens (primary N) is 1. The molecule has 1 aromatic heterocycles. The molecular formula is C15H16N6O3S. The third-order valence-corrected chi connectivity index (χ3v) is 6.07. The van der Waals surface area contributed by atoms with Crippen molar-refractivity contribution in [3.63, 3.8) is 0 Å². The Morgan fingerprint density at radius 1 is 1.36 bits per heavy atom. The number of sulfonamides is 1. The minimum absolute atomic E-state index is 0.0318. The van der Waals surface area contributed by atoms with Crippen LogP contribution < -0.4 is 5.73 Å². The van der Waals surface area contributed by atoms with Crippen LogP contribution in [0.4, 0.5) is 0 Å². The van der Waals surface area contributed by atoms with E-state index in [1.165, 1.54) is 28.6 Å². The van der Waals surface area contributed by atoms with Crippen molar-refractivity contribution in [3.8, 4) is 6.07 Å². The van der Waals surface area contributed by atoms with Gasteiger partial charge >= 0.3 is 0 Å². The fourth-order valence-electron chi connectivity index (χ4n) is 2.89. The van der Waals surface area contributed by atoms with Crippen molar-refractivity contribution in [3.05, 3.63) is 41.5 Å². The van der Waals surface area contributed by atoms with Gasteiger partial charge in [-0.05, 0) is 31.2 Å². The lowest BCUT2D eigenvalue weighted by atomic mass is 9.95. The predicted octanol–water partition coefficient (Wildman–Crippen LogP) is -0.126. The van der Waals surface area contributed by atoms with Gasteiger partial charge in [0, 0.05) is 19.0 Å². The Kier molecular flexibility index (Phi) is 4.28. The molecule has 0 radical (unpaired) electrons. The first-order valence-electron chi connectivity index (χ1n) is 7.51. The number of H-pyrrole nitrogens is 1. The van der Waals surface area contributed by atoms with Gasteiger partial charge in [0.25, 0.3) is 0 Å². The van der Waals surface area contributed by atoms with Crippen LogP contribution in [0.15, 0.2) is 29.2 Å². The molecule has 1 saturated heterocycles. The molecule has 9 nitrogen and oxygen atoms in total. The van der Waals surface area contributed by atoms with E-state index in [0.29, 0.717) is 17.2 Å². The standard InChI is InChI=1S/C15H16N6O3S/c1-9-18-15(20-19-9)13-8-21(7-12(13)14(17)22)25(23,24)11-4-2-10(6-16)3-5-11/h2-5,12-13H,7-8H2,1H3,(H2,17,22)(H,18,19,20)/t12-,13-/m1/s1. The van der Waals surface area contributed by atoms with E-state index in [1.54, 1.807) is 6.92 Å². The average Bonchev–Trinajstić information content (AvgIpc) is 3.21. The number of amides is 1. The van der Waals surface area contributed by atoms with Gasteiger partial charge in [-0.3, -0.25) is 9.89 Å². The van der Waals surface area contributed by atoms with Crippen LogP contribution in [-0.2, 0) is 14.8 Å². The molecule has 1 aromatic carbocycles. The second kappa shape index (κ2) is 6.27. The third-order valence-electron chi connectivity index (χ3n) is 4.22. The van der Waals surface area contributed by atoms with Gasteiger partial charge in [0.05, 0.1) is 22.4 Å². The summed E-state index contributed by atoms with van der Waals surface area (Å²) in [5.41, 5.74) is 5.82. The highest BCUT2D eigenvalue weighted by atomic mass is 32.2. The second-order valence-corrected chi connectivity index (χ2v) is 7.79. The molecule has 0 unspecified atom stereocenters. The molecule has 0 spiro atoms. The number of aryl methyl sites for hydroxylation is 1. The molecule has 3 N–H and O–H groups in total. The van der Waals surface area contributed by atoms with Crippen molar-refractivity contribution >= 4 is 15.9 Å². The molecule has 2 aromatic rings. The third kappa shape index (κ3) is 3.11. The van der Waals surface area contributed by atoms with Gasteiger partial charge in [-0.25, -0.2) is 13.4 Å². The summed E-state index contributed by atoms with van der Waals surface area (Å²) >= 11 is 0. The number of aromatic amines is 1. The van der Waals surface area contributed by atoms with Crippen molar-refractivity contribution < 1.29 is 13.2 Å². The SMILES string of the molecule is Cc1nc([C@@H]2CN(S(=O)(=O)c3ccc(C#N)cc3)C[C@H]2C(N)=O)n[nH]1. The van der Waals surface area contributed by atoms with E-state index in [-0.39, 0.29) is 18.0 Å². The molecule has 10 heteroatoms. The maximum absolute atomic E-state index is 12.8. The molecule has 2 atom stereocenters. The number of aromatic nitrogens is 3. The van der Waals surface area contributed by atoms with Crippen LogP contribution in [0.5, 0.6) is 0 Å². The van der Waals surface area contributed by atoms with Gasteiger partial charge < -0.3 is 5.73 Å². The number of hydrogen-bond acceptors (Lipinski definition) is 6. The zero-order chi connectivity index (χ0) is 18.2. The Labute approximate surface area is 144 Å². The number of primary amides is 1. The molecular weight excluding hydrogens is 344 g/mol. The largest absolute Gasteiger partial charge is 0.369 e. The Morgan fingerprint density at radius 2 is 2.04 bits per heavy atom. The van der Waals surface area contributed by atoms with E-state index >= 15 is 0 Å². The summed E-state index contributed by atoms with van der Waals surface area (Å²) in [6.45, 7) is 1.75. The van der Waals surface area contributed by atoms with Crippen LogP contribution in [0.25, 0.3) is 0 Å². The Bertz CT molecular complexity index is 944. The van der Waals surface area contributed by atoms with E-state index in [2.05, 4.69) is 15.2 Å². The smallest absolute Gasteiger partial charge is 0.243 e. The van der Waals surface area contributed by atoms with Gasteiger partial charge in [0.1, 0.15) is 5.82 Å². The molecule has 0 aliphatic carbocycles. The van der Waals surface area contributed by atoms with Crippen molar-refractivity contribution in [2.45, 2.75) is 17.7 Å². The molecule has 1 aliphatic rings. The number of carbonyl (C=O) groups is 1. The van der Waals surface area contributed by atoms with Crippen LogP contribution in [0.3, 0.4) is 0 Å². The number of nitrogens with zero attached hydrogens (tertiary/aromatic N) is 4. The predicted molar refractivity (Wildman–Crippen MR) is 86.5 cm³/mol. The fraction of sp³-hybridized carbons (Fsp3) is 0.333. The van der Waals surface area contributed by atoms with E-state index in [0.717, 1.165) is 0 Å². The van der Waals surface area contributed by atoms with Gasteiger partial charge in [0.15, 0.2) is 5.82 Å². The minimum Gasteiger partial charge on any atom is -0.369 e. The van der Waals surface area contributed by atoms with Crippen LogP contribution in [0.2, 0.25) is 0 Å². The lowest BCUT2D eigenvalue weighted by Gasteiger charge is -2.16.